The van der Waals surface area contributed by atoms with E-state index in [9.17, 15) is 0 Å². The number of hydrogen-bond acceptors (Lipinski definition) is 5. The Hall–Kier alpha value is -2.08. The predicted molar refractivity (Wildman–Crippen MR) is 74.7 cm³/mol. The summed E-state index contributed by atoms with van der Waals surface area (Å²) in [6, 6.07) is 7.17. The van der Waals surface area contributed by atoms with E-state index < -0.39 is 0 Å². The van der Waals surface area contributed by atoms with Gasteiger partial charge in [0.1, 0.15) is 11.3 Å². The SMILES string of the molecule is Nc1ccc2nc(COc3cncc(Br)c3)oc2c1. The van der Waals surface area contributed by atoms with Gasteiger partial charge in [-0.15, -0.1) is 0 Å². The molecule has 0 unspecified atom stereocenters. The predicted octanol–water partition coefficient (Wildman–Crippen LogP) is 3.15. The van der Waals surface area contributed by atoms with Crippen LogP contribution in [0.25, 0.3) is 11.1 Å². The summed E-state index contributed by atoms with van der Waals surface area (Å²) in [5.41, 5.74) is 7.75. The molecular weight excluding hydrogens is 310 g/mol. The highest BCUT2D eigenvalue weighted by atomic mass is 79.9. The molecule has 19 heavy (non-hydrogen) atoms. The minimum absolute atomic E-state index is 0.243. The Morgan fingerprint density at radius 3 is 3.00 bits per heavy atom. The zero-order chi connectivity index (χ0) is 13.2. The first-order valence-corrected chi connectivity index (χ1v) is 6.38. The molecule has 0 spiro atoms. The third-order valence-electron chi connectivity index (χ3n) is 2.50. The molecule has 0 atom stereocenters. The fourth-order valence-electron chi connectivity index (χ4n) is 1.67. The van der Waals surface area contributed by atoms with Crippen molar-refractivity contribution in [1.82, 2.24) is 9.97 Å². The van der Waals surface area contributed by atoms with Crippen LogP contribution in [0, 0.1) is 0 Å². The molecule has 0 aliphatic carbocycles. The second-order valence-electron chi connectivity index (χ2n) is 3.96. The second-order valence-corrected chi connectivity index (χ2v) is 4.88. The maximum atomic E-state index is 5.68. The number of nitrogens with zero attached hydrogens (tertiary/aromatic N) is 2. The Morgan fingerprint density at radius 1 is 1.26 bits per heavy atom. The van der Waals surface area contributed by atoms with E-state index >= 15 is 0 Å². The van der Waals surface area contributed by atoms with Crippen LogP contribution in [0.2, 0.25) is 0 Å². The molecule has 0 aliphatic heterocycles. The normalized spacial score (nSPS) is 10.8. The van der Waals surface area contributed by atoms with Crippen molar-refractivity contribution in [1.29, 1.82) is 0 Å². The summed E-state index contributed by atoms with van der Waals surface area (Å²) in [6.07, 6.45) is 3.32. The van der Waals surface area contributed by atoms with Crippen LogP contribution in [0.3, 0.4) is 0 Å². The Balaban J connectivity index is 1.78. The molecule has 96 valence electrons. The fraction of sp³-hybridized carbons (Fsp3) is 0.0769. The summed E-state index contributed by atoms with van der Waals surface area (Å²) in [4.78, 5) is 8.32. The number of nitrogens with two attached hydrogens (primary N) is 1. The fourth-order valence-corrected chi connectivity index (χ4v) is 2.01. The van der Waals surface area contributed by atoms with E-state index in [1.165, 1.54) is 0 Å². The molecule has 2 aromatic heterocycles. The van der Waals surface area contributed by atoms with Crippen molar-refractivity contribution in [2.45, 2.75) is 6.61 Å². The number of fused-ring (bicyclic) bond motifs is 1. The summed E-state index contributed by atoms with van der Waals surface area (Å²) in [5, 5.41) is 0. The minimum Gasteiger partial charge on any atom is -0.482 e. The summed E-state index contributed by atoms with van der Waals surface area (Å²) in [7, 11) is 0. The number of aromatic nitrogens is 2. The third kappa shape index (κ3) is 2.68. The number of rotatable bonds is 3. The molecule has 0 aliphatic rings. The van der Waals surface area contributed by atoms with Crippen molar-refractivity contribution in [3.63, 3.8) is 0 Å². The van der Waals surface area contributed by atoms with Gasteiger partial charge in [-0.3, -0.25) is 4.98 Å². The average Bonchev–Trinajstić information content (AvgIpc) is 2.78. The van der Waals surface area contributed by atoms with Crippen LogP contribution in [0.5, 0.6) is 5.75 Å². The van der Waals surface area contributed by atoms with Crippen LogP contribution in [0.15, 0.2) is 45.5 Å². The Morgan fingerprint density at radius 2 is 2.16 bits per heavy atom. The number of benzene rings is 1. The zero-order valence-electron chi connectivity index (χ0n) is 9.84. The van der Waals surface area contributed by atoms with Crippen LogP contribution in [-0.2, 0) is 6.61 Å². The Labute approximate surface area is 117 Å². The van der Waals surface area contributed by atoms with E-state index in [-0.39, 0.29) is 6.61 Å². The zero-order valence-corrected chi connectivity index (χ0v) is 11.4. The van der Waals surface area contributed by atoms with Gasteiger partial charge in [0.05, 0.1) is 6.20 Å². The second kappa shape index (κ2) is 4.89. The van der Waals surface area contributed by atoms with E-state index in [1.807, 2.05) is 12.1 Å². The molecule has 0 saturated carbocycles. The molecular formula is C13H10BrN3O2. The number of halogens is 1. The standard InChI is InChI=1S/C13H10BrN3O2/c14-8-3-10(6-16-5-8)18-7-13-17-11-2-1-9(15)4-12(11)19-13/h1-6H,7,15H2. The van der Waals surface area contributed by atoms with Crippen molar-refractivity contribution in [3.05, 3.63) is 47.0 Å². The number of anilines is 1. The van der Waals surface area contributed by atoms with Crippen LogP contribution in [0.1, 0.15) is 5.89 Å². The van der Waals surface area contributed by atoms with Crippen molar-refractivity contribution in [2.24, 2.45) is 0 Å². The first-order chi connectivity index (χ1) is 9.20. The summed E-state index contributed by atoms with van der Waals surface area (Å²) >= 11 is 3.33. The molecule has 0 saturated heterocycles. The molecule has 3 aromatic rings. The van der Waals surface area contributed by atoms with Crippen LogP contribution in [-0.4, -0.2) is 9.97 Å². The summed E-state index contributed by atoms with van der Waals surface area (Å²) < 4.78 is 12.0. The summed E-state index contributed by atoms with van der Waals surface area (Å²) in [6.45, 7) is 0.243. The van der Waals surface area contributed by atoms with Gasteiger partial charge in [-0.05, 0) is 34.1 Å². The van der Waals surface area contributed by atoms with Crippen LogP contribution in [0.4, 0.5) is 5.69 Å². The molecule has 5 nitrogen and oxygen atoms in total. The largest absolute Gasteiger partial charge is 0.482 e. The van der Waals surface area contributed by atoms with Crippen molar-refractivity contribution in [3.8, 4) is 5.75 Å². The highest BCUT2D eigenvalue weighted by molar-refractivity contribution is 9.10. The van der Waals surface area contributed by atoms with Gasteiger partial charge in [-0.1, -0.05) is 0 Å². The highest BCUT2D eigenvalue weighted by Crippen LogP contribution is 2.20. The third-order valence-corrected chi connectivity index (χ3v) is 2.93. The average molecular weight is 320 g/mol. The molecule has 1 aromatic carbocycles. The monoisotopic (exact) mass is 319 g/mol. The Bertz CT molecular complexity index is 727. The molecule has 0 amide bonds. The number of ether oxygens (including phenoxy) is 1. The lowest BCUT2D eigenvalue weighted by atomic mass is 10.3. The van der Waals surface area contributed by atoms with Crippen LogP contribution >= 0.6 is 15.9 Å². The van der Waals surface area contributed by atoms with Crippen molar-refractivity contribution in [2.75, 3.05) is 5.73 Å². The van der Waals surface area contributed by atoms with Gasteiger partial charge < -0.3 is 14.9 Å². The van der Waals surface area contributed by atoms with E-state index in [0.717, 1.165) is 9.99 Å². The molecule has 3 rings (SSSR count). The van der Waals surface area contributed by atoms with Gasteiger partial charge in [0.15, 0.2) is 12.2 Å². The molecule has 0 radical (unpaired) electrons. The summed E-state index contributed by atoms with van der Waals surface area (Å²) in [5.74, 6) is 1.15. The first kappa shape index (κ1) is 12.0. The van der Waals surface area contributed by atoms with Gasteiger partial charge in [0, 0.05) is 22.4 Å². The lowest BCUT2D eigenvalue weighted by Crippen LogP contribution is -1.95. The van der Waals surface area contributed by atoms with Crippen molar-refractivity contribution >= 4 is 32.7 Å². The van der Waals surface area contributed by atoms with Gasteiger partial charge in [-0.2, -0.15) is 0 Å². The van der Waals surface area contributed by atoms with Crippen molar-refractivity contribution < 1.29 is 9.15 Å². The van der Waals surface area contributed by atoms with Crippen LogP contribution < -0.4 is 10.5 Å². The molecule has 2 heterocycles. The van der Waals surface area contributed by atoms with Gasteiger partial charge >= 0.3 is 0 Å². The maximum Gasteiger partial charge on any atom is 0.233 e. The van der Waals surface area contributed by atoms with E-state index in [1.54, 1.807) is 24.5 Å². The topological polar surface area (TPSA) is 74.2 Å². The van der Waals surface area contributed by atoms with E-state index in [4.69, 9.17) is 14.9 Å². The van der Waals surface area contributed by atoms with Gasteiger partial charge in [0.25, 0.3) is 0 Å². The Kier molecular flexibility index (Phi) is 3.08. The lowest BCUT2D eigenvalue weighted by molar-refractivity contribution is 0.266. The molecule has 0 bridgehead atoms. The lowest BCUT2D eigenvalue weighted by Gasteiger charge is -2.02. The maximum absolute atomic E-state index is 5.68. The molecule has 2 N–H and O–H groups in total. The molecule has 6 heteroatoms. The van der Waals surface area contributed by atoms with Gasteiger partial charge in [-0.25, -0.2) is 4.98 Å². The highest BCUT2D eigenvalue weighted by Gasteiger charge is 2.07. The first-order valence-electron chi connectivity index (χ1n) is 5.59. The quantitative estimate of drug-likeness (QED) is 0.751. The number of oxazole rings is 1. The smallest absolute Gasteiger partial charge is 0.233 e. The van der Waals surface area contributed by atoms with E-state index in [0.29, 0.717) is 22.9 Å². The van der Waals surface area contributed by atoms with E-state index in [2.05, 4.69) is 25.9 Å². The molecule has 0 fully saturated rings. The number of nitrogen functional groups attached to an aromatic ring is 1. The van der Waals surface area contributed by atoms with Gasteiger partial charge in [0.2, 0.25) is 5.89 Å². The number of pyridine rings is 1. The minimum atomic E-state index is 0.243. The number of hydrogen-bond donors (Lipinski definition) is 1.